The number of carbonyl (C=O) groups is 2. The maximum absolute atomic E-state index is 12.3. The number of alkyl halides is 2. The van der Waals surface area contributed by atoms with E-state index < -0.39 is 18.4 Å². The van der Waals surface area contributed by atoms with Crippen LogP contribution in [0.25, 0.3) is 0 Å². The SMILES string of the molecule is CCC(=O)C(=[C+]Cc1ccccc1OC(F)F)C(=O)OC. The van der Waals surface area contributed by atoms with Gasteiger partial charge in [-0.3, -0.25) is 0 Å². The van der Waals surface area contributed by atoms with Crippen LogP contribution in [0, 0.1) is 6.08 Å². The Balaban J connectivity index is 3.00. The predicted molar refractivity (Wildman–Crippen MR) is 70.8 cm³/mol. The smallest absolute Gasteiger partial charge is 0.434 e. The van der Waals surface area contributed by atoms with Crippen LogP contribution in [0.3, 0.4) is 0 Å². The third kappa shape index (κ3) is 4.93. The Labute approximate surface area is 121 Å². The van der Waals surface area contributed by atoms with Gasteiger partial charge in [-0.1, -0.05) is 18.2 Å². The number of methoxy groups -OCH3 is 1. The fourth-order valence-electron chi connectivity index (χ4n) is 1.61. The van der Waals surface area contributed by atoms with Crippen LogP contribution in [0.1, 0.15) is 18.9 Å². The van der Waals surface area contributed by atoms with Crippen molar-refractivity contribution in [1.29, 1.82) is 0 Å². The molecule has 0 spiro atoms. The van der Waals surface area contributed by atoms with Crippen LogP contribution in [-0.2, 0) is 20.7 Å². The van der Waals surface area contributed by atoms with Gasteiger partial charge in [0.1, 0.15) is 5.75 Å². The van der Waals surface area contributed by atoms with Gasteiger partial charge < -0.3 is 9.47 Å². The average molecular weight is 297 g/mol. The van der Waals surface area contributed by atoms with Crippen molar-refractivity contribution in [1.82, 2.24) is 0 Å². The Kier molecular flexibility index (Phi) is 6.43. The van der Waals surface area contributed by atoms with Crippen molar-refractivity contribution in [3.63, 3.8) is 0 Å². The number of halogens is 2. The van der Waals surface area contributed by atoms with E-state index in [4.69, 9.17) is 0 Å². The van der Waals surface area contributed by atoms with Gasteiger partial charge in [0.05, 0.1) is 20.0 Å². The van der Waals surface area contributed by atoms with E-state index in [-0.39, 0.29) is 24.2 Å². The fraction of sp³-hybridized carbons (Fsp3) is 0.333. The third-order valence-electron chi connectivity index (χ3n) is 2.63. The lowest BCUT2D eigenvalue weighted by Crippen LogP contribution is -2.14. The van der Waals surface area contributed by atoms with Crippen LogP contribution in [0.15, 0.2) is 29.8 Å². The number of Topliss-reactive ketones (excluding diaryl/α,β-unsaturated/α-hetero) is 1. The van der Waals surface area contributed by atoms with Crippen molar-refractivity contribution < 1.29 is 27.8 Å². The van der Waals surface area contributed by atoms with Gasteiger partial charge >= 0.3 is 18.2 Å². The minimum absolute atomic E-state index is 0.0148. The third-order valence-corrected chi connectivity index (χ3v) is 2.63. The summed E-state index contributed by atoms with van der Waals surface area (Å²) in [6.07, 6.45) is 2.72. The highest BCUT2D eigenvalue weighted by Gasteiger charge is 2.29. The van der Waals surface area contributed by atoms with E-state index in [0.717, 1.165) is 7.11 Å². The highest BCUT2D eigenvalue weighted by molar-refractivity contribution is 6.16. The second-order valence-electron chi connectivity index (χ2n) is 3.98. The molecule has 0 bridgehead atoms. The van der Waals surface area contributed by atoms with Crippen molar-refractivity contribution >= 4 is 11.8 Å². The Bertz CT molecular complexity index is 520. The number of ketones is 1. The van der Waals surface area contributed by atoms with E-state index in [9.17, 15) is 18.4 Å². The van der Waals surface area contributed by atoms with Crippen LogP contribution in [0.2, 0.25) is 0 Å². The quantitative estimate of drug-likeness (QED) is 0.255. The molecule has 0 unspecified atom stereocenters. The zero-order valence-electron chi connectivity index (χ0n) is 11.7. The number of carbonyl (C=O) groups excluding carboxylic acids is 2. The largest absolute Gasteiger partial charge is 0.462 e. The fourth-order valence-corrected chi connectivity index (χ4v) is 1.61. The summed E-state index contributed by atoms with van der Waals surface area (Å²) in [4.78, 5) is 23.1. The lowest BCUT2D eigenvalue weighted by atomic mass is 10.0. The van der Waals surface area contributed by atoms with E-state index in [1.807, 2.05) is 0 Å². The molecule has 112 valence electrons. The number of para-hydroxylation sites is 1. The molecule has 0 aromatic heterocycles. The van der Waals surface area contributed by atoms with Crippen molar-refractivity contribution in [2.75, 3.05) is 7.11 Å². The molecule has 0 fully saturated rings. The Morgan fingerprint density at radius 3 is 2.52 bits per heavy atom. The first-order chi connectivity index (χ1) is 9.99. The monoisotopic (exact) mass is 297 g/mol. The summed E-state index contributed by atoms with van der Waals surface area (Å²) < 4.78 is 33.5. The molecule has 1 rings (SSSR count). The standard InChI is InChI=1S/C15H15F2O4/c1-3-12(18)11(14(19)20-2)9-8-10-6-4-5-7-13(10)21-15(16)17/h4-7,15H,3,8H2,1-2H3/q+1. The molecule has 0 aliphatic heterocycles. The summed E-state index contributed by atoms with van der Waals surface area (Å²) in [6.45, 7) is -1.35. The van der Waals surface area contributed by atoms with Gasteiger partial charge in [0.15, 0.2) is 0 Å². The number of rotatable bonds is 7. The summed E-state index contributed by atoms with van der Waals surface area (Å²) >= 11 is 0. The molecule has 0 N–H and O–H groups in total. The van der Waals surface area contributed by atoms with Crippen molar-refractivity contribution in [2.45, 2.75) is 26.4 Å². The molecular weight excluding hydrogens is 282 g/mol. The number of allylic oxidation sites excluding steroid dienone is 1. The topological polar surface area (TPSA) is 52.6 Å². The van der Waals surface area contributed by atoms with E-state index in [2.05, 4.69) is 15.5 Å². The average Bonchev–Trinajstić information content (AvgIpc) is 2.47. The van der Waals surface area contributed by atoms with E-state index >= 15 is 0 Å². The maximum atomic E-state index is 12.3. The van der Waals surface area contributed by atoms with Crippen molar-refractivity contribution in [3.8, 4) is 5.75 Å². The summed E-state index contributed by atoms with van der Waals surface area (Å²) in [5, 5.41) is 0. The molecule has 0 heterocycles. The van der Waals surface area contributed by atoms with Crippen LogP contribution < -0.4 is 4.74 Å². The lowest BCUT2D eigenvalue weighted by Gasteiger charge is -2.07. The first-order valence-corrected chi connectivity index (χ1v) is 6.24. The van der Waals surface area contributed by atoms with Crippen LogP contribution in [0.4, 0.5) is 8.78 Å². The molecular formula is C15H15F2O4+. The van der Waals surface area contributed by atoms with Crippen LogP contribution in [0.5, 0.6) is 5.75 Å². The number of benzene rings is 1. The molecule has 0 saturated carbocycles. The van der Waals surface area contributed by atoms with Crippen LogP contribution >= 0.6 is 0 Å². The molecule has 0 amide bonds. The first kappa shape index (κ1) is 16.7. The number of hydrogen-bond donors (Lipinski definition) is 0. The lowest BCUT2D eigenvalue weighted by molar-refractivity contribution is -0.137. The molecule has 1 aromatic carbocycles. The minimum atomic E-state index is -2.95. The van der Waals surface area contributed by atoms with E-state index in [1.165, 1.54) is 6.07 Å². The number of hydrogen-bond acceptors (Lipinski definition) is 4. The molecule has 0 radical (unpaired) electrons. The molecule has 4 nitrogen and oxygen atoms in total. The van der Waals surface area contributed by atoms with Gasteiger partial charge in [-0.2, -0.15) is 13.6 Å². The van der Waals surface area contributed by atoms with Gasteiger partial charge in [-0.05, 0) is 13.0 Å². The highest BCUT2D eigenvalue weighted by atomic mass is 19.3. The summed E-state index contributed by atoms with van der Waals surface area (Å²) in [5.74, 6) is -1.24. The van der Waals surface area contributed by atoms with Gasteiger partial charge in [-0.25, -0.2) is 4.79 Å². The Morgan fingerprint density at radius 1 is 1.29 bits per heavy atom. The summed E-state index contributed by atoms with van der Waals surface area (Å²) in [6, 6.07) is 6.11. The van der Waals surface area contributed by atoms with Gasteiger partial charge in [0.2, 0.25) is 0 Å². The van der Waals surface area contributed by atoms with Gasteiger partial charge in [0, 0.05) is 11.6 Å². The zero-order valence-corrected chi connectivity index (χ0v) is 11.7. The maximum Gasteiger partial charge on any atom is 0.462 e. The zero-order chi connectivity index (χ0) is 15.8. The summed E-state index contributed by atoms with van der Waals surface area (Å²) in [5.41, 5.74) is 0.176. The molecule has 21 heavy (non-hydrogen) atoms. The summed E-state index contributed by atoms with van der Waals surface area (Å²) in [7, 11) is 1.15. The second-order valence-corrected chi connectivity index (χ2v) is 3.98. The molecule has 6 heteroatoms. The second kappa shape index (κ2) is 8.07. The molecule has 0 aliphatic rings. The van der Waals surface area contributed by atoms with Crippen molar-refractivity contribution in [2.24, 2.45) is 0 Å². The van der Waals surface area contributed by atoms with Crippen LogP contribution in [-0.4, -0.2) is 25.5 Å². The van der Waals surface area contributed by atoms with Crippen molar-refractivity contribution in [3.05, 3.63) is 41.5 Å². The van der Waals surface area contributed by atoms with E-state index in [0.29, 0.717) is 5.56 Å². The minimum Gasteiger partial charge on any atom is -0.434 e. The number of ether oxygens (including phenoxy) is 2. The molecule has 0 atom stereocenters. The molecule has 0 aliphatic carbocycles. The first-order valence-electron chi connectivity index (χ1n) is 6.24. The molecule has 1 aromatic rings. The predicted octanol–water partition coefficient (Wildman–Crippen LogP) is 2.71. The molecule has 0 saturated heterocycles. The highest BCUT2D eigenvalue weighted by Crippen LogP contribution is 2.21. The normalized spacial score (nSPS) is 11.0. The van der Waals surface area contributed by atoms with Gasteiger partial charge in [0.25, 0.3) is 5.78 Å². The number of esters is 1. The van der Waals surface area contributed by atoms with E-state index in [1.54, 1.807) is 25.1 Å². The Morgan fingerprint density at radius 2 is 1.95 bits per heavy atom. The van der Waals surface area contributed by atoms with Gasteiger partial charge in [-0.15, -0.1) is 0 Å². The Hall–Kier alpha value is -2.33.